The van der Waals surface area contributed by atoms with Gasteiger partial charge in [-0.05, 0) is 36.0 Å². The van der Waals surface area contributed by atoms with E-state index in [2.05, 4.69) is 5.32 Å². The van der Waals surface area contributed by atoms with Crippen LogP contribution in [-0.4, -0.2) is 40.0 Å². The number of hydrogen-bond donors (Lipinski definition) is 1. The summed E-state index contributed by atoms with van der Waals surface area (Å²) in [6, 6.07) is 11.8. The molecule has 0 aromatic heterocycles. The summed E-state index contributed by atoms with van der Waals surface area (Å²) in [5.74, 6) is -1.61. The Morgan fingerprint density at radius 1 is 1.13 bits per heavy atom. The van der Waals surface area contributed by atoms with Crippen LogP contribution in [0.25, 0.3) is 12.2 Å². The van der Waals surface area contributed by atoms with Gasteiger partial charge < -0.3 is 5.32 Å². The molecule has 31 heavy (non-hydrogen) atoms. The Morgan fingerprint density at radius 3 is 2.52 bits per heavy atom. The second-order valence-electron chi connectivity index (χ2n) is 6.30. The van der Waals surface area contributed by atoms with Gasteiger partial charge in [0, 0.05) is 30.8 Å². The summed E-state index contributed by atoms with van der Waals surface area (Å²) in [5.41, 5.74) is 0.333. The third-order valence-corrected chi connectivity index (χ3v) is 5.16. The maximum absolute atomic E-state index is 13.8. The molecule has 1 aliphatic heterocycles. The summed E-state index contributed by atoms with van der Waals surface area (Å²) in [6.07, 6.45) is 3.76. The number of benzene rings is 2. The summed E-state index contributed by atoms with van der Waals surface area (Å²) in [7, 11) is 0. The quantitative estimate of drug-likeness (QED) is 0.399. The Bertz CT molecular complexity index is 1120. The summed E-state index contributed by atoms with van der Waals surface area (Å²) in [4.78, 5) is 48.0. The number of nitro groups is 1. The minimum atomic E-state index is -0.567. The maximum Gasteiger partial charge on any atom is 0.293 e. The van der Waals surface area contributed by atoms with Crippen molar-refractivity contribution in [2.75, 3.05) is 13.1 Å². The molecule has 0 aliphatic carbocycles. The fourth-order valence-corrected chi connectivity index (χ4v) is 3.59. The van der Waals surface area contributed by atoms with E-state index in [9.17, 15) is 28.9 Å². The van der Waals surface area contributed by atoms with Gasteiger partial charge in [-0.2, -0.15) is 0 Å². The third kappa shape index (κ3) is 5.43. The molecule has 3 amide bonds. The number of hydrogen-bond acceptors (Lipinski definition) is 6. The molecule has 0 saturated carbocycles. The van der Waals surface area contributed by atoms with Crippen LogP contribution in [0.1, 0.15) is 11.1 Å². The zero-order valence-electron chi connectivity index (χ0n) is 16.0. The van der Waals surface area contributed by atoms with E-state index in [4.69, 9.17) is 0 Å². The van der Waals surface area contributed by atoms with Gasteiger partial charge >= 0.3 is 0 Å². The number of nitrogens with zero attached hydrogens (tertiary/aromatic N) is 2. The molecule has 0 unspecified atom stereocenters. The summed E-state index contributed by atoms with van der Waals surface area (Å²) in [6.45, 7) is -0.0740. The highest BCUT2D eigenvalue weighted by Crippen LogP contribution is 2.32. The maximum atomic E-state index is 13.8. The van der Waals surface area contributed by atoms with Gasteiger partial charge in [-0.3, -0.25) is 29.4 Å². The molecule has 1 fully saturated rings. The molecule has 3 rings (SSSR count). The molecule has 158 valence electrons. The Kier molecular flexibility index (Phi) is 6.93. The van der Waals surface area contributed by atoms with Crippen LogP contribution in [-0.2, 0) is 9.59 Å². The lowest BCUT2D eigenvalue weighted by Gasteiger charge is -2.12. The lowest BCUT2D eigenvalue weighted by atomic mass is 10.1. The lowest BCUT2D eigenvalue weighted by molar-refractivity contribution is -0.385. The van der Waals surface area contributed by atoms with Gasteiger partial charge in [-0.15, -0.1) is 0 Å². The van der Waals surface area contributed by atoms with Crippen LogP contribution in [0.5, 0.6) is 0 Å². The van der Waals surface area contributed by atoms with Crippen molar-refractivity contribution >= 4 is 46.7 Å². The molecule has 1 heterocycles. The number of imide groups is 1. The topological polar surface area (TPSA) is 110 Å². The average molecular weight is 441 g/mol. The molecule has 0 radical (unpaired) electrons. The Hall–Kier alpha value is -3.79. The van der Waals surface area contributed by atoms with Crippen molar-refractivity contribution in [3.8, 4) is 0 Å². The van der Waals surface area contributed by atoms with E-state index in [1.165, 1.54) is 48.6 Å². The number of carbonyl (C=O) groups is 3. The predicted octanol–water partition coefficient (Wildman–Crippen LogP) is 3.60. The van der Waals surface area contributed by atoms with Gasteiger partial charge in [0.2, 0.25) is 5.91 Å². The minimum absolute atomic E-state index is 0.00885. The van der Waals surface area contributed by atoms with E-state index in [1.54, 1.807) is 12.1 Å². The first kappa shape index (κ1) is 21.9. The zero-order valence-corrected chi connectivity index (χ0v) is 16.8. The number of nitrogens with one attached hydrogen (secondary N) is 1. The first-order chi connectivity index (χ1) is 14.9. The van der Waals surface area contributed by atoms with E-state index in [1.807, 2.05) is 0 Å². The first-order valence-electron chi connectivity index (χ1n) is 9.06. The van der Waals surface area contributed by atoms with E-state index in [0.717, 1.165) is 11.0 Å². The Labute approximate surface area is 180 Å². The number of carbonyl (C=O) groups excluding carboxylic acids is 3. The zero-order chi connectivity index (χ0) is 22.4. The smallest absolute Gasteiger partial charge is 0.293 e. The number of thioether (sulfide) groups is 1. The molecule has 0 bridgehead atoms. The monoisotopic (exact) mass is 441 g/mol. The standard InChI is InChI=1S/C21H16FN3O5S/c22-16-7-3-1-6-15(16)13-18-20(27)24(21(28)31-18)12-11-23-19(26)10-9-14-5-2-4-8-17(14)25(29)30/h1-10,13H,11-12H2,(H,23,26)/b10-9+,18-13-. The van der Waals surface area contributed by atoms with Crippen molar-refractivity contribution in [2.45, 2.75) is 0 Å². The predicted molar refractivity (Wildman–Crippen MR) is 114 cm³/mol. The van der Waals surface area contributed by atoms with Crippen molar-refractivity contribution in [2.24, 2.45) is 0 Å². The number of amides is 3. The minimum Gasteiger partial charge on any atom is -0.351 e. The molecule has 0 spiro atoms. The highest BCUT2D eigenvalue weighted by molar-refractivity contribution is 8.18. The fourth-order valence-electron chi connectivity index (χ4n) is 2.74. The summed E-state index contributed by atoms with van der Waals surface area (Å²) >= 11 is 0.697. The van der Waals surface area contributed by atoms with E-state index < -0.39 is 27.8 Å². The second kappa shape index (κ2) is 9.81. The van der Waals surface area contributed by atoms with Crippen LogP contribution in [0.3, 0.4) is 0 Å². The molecular weight excluding hydrogens is 425 g/mol. The van der Waals surface area contributed by atoms with Crippen LogP contribution >= 0.6 is 11.8 Å². The van der Waals surface area contributed by atoms with Crippen LogP contribution in [0.15, 0.2) is 59.5 Å². The first-order valence-corrected chi connectivity index (χ1v) is 9.87. The SMILES string of the molecule is O=C(/C=C/c1ccccc1[N+](=O)[O-])NCCN1C(=O)S/C(=C\c2ccccc2F)C1=O. The summed E-state index contributed by atoms with van der Waals surface area (Å²) in [5, 5.41) is 13.0. The highest BCUT2D eigenvalue weighted by atomic mass is 32.2. The van der Waals surface area contributed by atoms with Crippen LogP contribution in [0.2, 0.25) is 0 Å². The molecule has 2 aromatic carbocycles. The van der Waals surface area contributed by atoms with Gasteiger partial charge in [0.25, 0.3) is 16.8 Å². The molecule has 0 atom stereocenters. The number of rotatable bonds is 7. The van der Waals surface area contributed by atoms with Gasteiger partial charge in [-0.1, -0.05) is 30.3 Å². The van der Waals surface area contributed by atoms with Crippen molar-refractivity contribution < 1.29 is 23.7 Å². The van der Waals surface area contributed by atoms with E-state index in [-0.39, 0.29) is 34.8 Å². The number of nitro benzene ring substituents is 1. The van der Waals surface area contributed by atoms with Crippen molar-refractivity contribution in [3.05, 3.63) is 86.6 Å². The third-order valence-electron chi connectivity index (χ3n) is 4.25. The molecule has 2 aromatic rings. The largest absolute Gasteiger partial charge is 0.351 e. The van der Waals surface area contributed by atoms with Crippen molar-refractivity contribution in [3.63, 3.8) is 0 Å². The van der Waals surface area contributed by atoms with E-state index in [0.29, 0.717) is 11.8 Å². The highest BCUT2D eigenvalue weighted by Gasteiger charge is 2.34. The fraction of sp³-hybridized carbons (Fsp3) is 0.0952. The Morgan fingerprint density at radius 2 is 1.81 bits per heavy atom. The normalized spacial score (nSPS) is 15.1. The van der Waals surface area contributed by atoms with Gasteiger partial charge in [0.1, 0.15) is 5.82 Å². The molecule has 8 nitrogen and oxygen atoms in total. The lowest BCUT2D eigenvalue weighted by Crippen LogP contribution is -2.36. The molecule has 1 N–H and O–H groups in total. The molecule has 1 saturated heterocycles. The van der Waals surface area contributed by atoms with Crippen molar-refractivity contribution in [1.82, 2.24) is 10.2 Å². The average Bonchev–Trinajstić information content (AvgIpc) is 3.01. The van der Waals surface area contributed by atoms with Crippen LogP contribution < -0.4 is 5.32 Å². The van der Waals surface area contributed by atoms with Crippen LogP contribution in [0, 0.1) is 15.9 Å². The Balaban J connectivity index is 1.56. The molecule has 1 aliphatic rings. The summed E-state index contributed by atoms with van der Waals surface area (Å²) < 4.78 is 13.8. The van der Waals surface area contributed by atoms with Gasteiger partial charge in [0.05, 0.1) is 15.4 Å². The number of halogens is 1. The second-order valence-corrected chi connectivity index (χ2v) is 7.29. The molecule has 10 heteroatoms. The molecular formula is C21H16FN3O5S. The van der Waals surface area contributed by atoms with Crippen LogP contribution in [0.4, 0.5) is 14.9 Å². The van der Waals surface area contributed by atoms with E-state index >= 15 is 0 Å². The van der Waals surface area contributed by atoms with Crippen molar-refractivity contribution in [1.29, 1.82) is 0 Å². The number of para-hydroxylation sites is 1. The van der Waals surface area contributed by atoms with Gasteiger partial charge in [-0.25, -0.2) is 4.39 Å². The van der Waals surface area contributed by atoms with Gasteiger partial charge in [0.15, 0.2) is 0 Å².